The van der Waals surface area contributed by atoms with E-state index >= 15 is 0 Å². The highest BCUT2D eigenvalue weighted by molar-refractivity contribution is 8.14. The van der Waals surface area contributed by atoms with Gasteiger partial charge >= 0.3 is 0 Å². The topological polar surface area (TPSA) is 63.2 Å². The Morgan fingerprint density at radius 3 is 2.44 bits per heavy atom. The molecule has 0 heterocycles. The van der Waals surface area contributed by atoms with Crippen molar-refractivity contribution in [2.75, 3.05) is 6.26 Å². The van der Waals surface area contributed by atoms with E-state index < -0.39 is 21.6 Å². The second-order valence-corrected chi connectivity index (χ2v) is 8.36. The molecular weight excluding hydrogens is 270 g/mol. The highest BCUT2D eigenvalue weighted by Gasteiger charge is 2.35. The summed E-state index contributed by atoms with van der Waals surface area (Å²) < 4.78 is 10.8. The maximum Gasteiger partial charge on any atom is 0.279 e. The highest BCUT2D eigenvalue weighted by atomic mass is 32.2. The number of aldehydes is 1. The van der Waals surface area contributed by atoms with Gasteiger partial charge < -0.3 is 10.1 Å². The predicted molar refractivity (Wildman–Crippen MR) is 76.4 cm³/mol. The molecule has 0 aromatic carbocycles. The predicted octanol–water partition coefficient (Wildman–Crippen LogP) is 2.10. The van der Waals surface area contributed by atoms with Crippen LogP contribution in [0.5, 0.6) is 0 Å². The number of amides is 1. The summed E-state index contributed by atoms with van der Waals surface area (Å²) in [5, 5.41) is 2.86. The Morgan fingerprint density at radius 2 is 2.00 bits per heavy atom. The summed E-state index contributed by atoms with van der Waals surface area (Å²) in [6.45, 7) is 3.45. The van der Waals surface area contributed by atoms with Gasteiger partial charge in [-0.3, -0.25) is 9.00 Å². The molecule has 1 rings (SSSR count). The van der Waals surface area contributed by atoms with Gasteiger partial charge in [0.2, 0.25) is 0 Å². The number of carbonyl (C=O) groups excluding carboxylic acids is 2. The van der Waals surface area contributed by atoms with Gasteiger partial charge in [0.1, 0.15) is 12.3 Å². The normalized spacial score (nSPS) is 20.4. The van der Waals surface area contributed by atoms with Crippen molar-refractivity contribution in [1.29, 1.82) is 0 Å². The summed E-state index contributed by atoms with van der Waals surface area (Å²) in [5.74, 6) is 0. The van der Waals surface area contributed by atoms with Crippen LogP contribution in [-0.4, -0.2) is 38.0 Å². The largest absolute Gasteiger partial charge is 0.336 e. The van der Waals surface area contributed by atoms with Crippen molar-refractivity contribution in [3.63, 3.8) is 0 Å². The van der Waals surface area contributed by atoms with E-state index in [1.165, 1.54) is 24.6 Å². The smallest absolute Gasteiger partial charge is 0.279 e. The molecule has 0 bridgehead atoms. The van der Waals surface area contributed by atoms with Gasteiger partial charge in [-0.15, -0.1) is 0 Å². The average Bonchev–Trinajstić information content (AvgIpc) is 2.78. The summed E-state index contributed by atoms with van der Waals surface area (Å²) in [5.41, 5.74) is 0. The lowest BCUT2D eigenvalue weighted by Crippen LogP contribution is -2.51. The minimum absolute atomic E-state index is 0.183. The van der Waals surface area contributed by atoms with Crippen molar-refractivity contribution in [2.45, 2.75) is 55.6 Å². The van der Waals surface area contributed by atoms with Crippen molar-refractivity contribution in [3.05, 3.63) is 0 Å². The fraction of sp³-hybridized carbons (Fsp3) is 0.833. The maximum absolute atomic E-state index is 11.8. The zero-order valence-corrected chi connectivity index (χ0v) is 12.7. The van der Waals surface area contributed by atoms with Crippen LogP contribution >= 0.6 is 11.8 Å². The van der Waals surface area contributed by atoms with E-state index in [-0.39, 0.29) is 5.24 Å². The second kappa shape index (κ2) is 6.70. The third-order valence-corrected chi connectivity index (χ3v) is 6.35. The molecule has 0 aliphatic heterocycles. The van der Waals surface area contributed by atoms with Gasteiger partial charge in [-0.05, 0) is 26.7 Å². The molecule has 104 valence electrons. The van der Waals surface area contributed by atoms with Crippen molar-refractivity contribution in [3.8, 4) is 0 Å². The van der Waals surface area contributed by atoms with E-state index in [9.17, 15) is 13.8 Å². The van der Waals surface area contributed by atoms with Crippen molar-refractivity contribution in [2.24, 2.45) is 0 Å². The third kappa shape index (κ3) is 4.09. The van der Waals surface area contributed by atoms with Gasteiger partial charge in [-0.1, -0.05) is 24.6 Å². The quantitative estimate of drug-likeness (QED) is 0.788. The van der Waals surface area contributed by atoms with Gasteiger partial charge in [0.25, 0.3) is 5.24 Å². The number of nitrogens with one attached hydrogen (secondary N) is 1. The van der Waals surface area contributed by atoms with Gasteiger partial charge in [-0.25, -0.2) is 0 Å². The van der Waals surface area contributed by atoms with Crippen LogP contribution in [0.3, 0.4) is 0 Å². The van der Waals surface area contributed by atoms with Crippen LogP contribution in [0.25, 0.3) is 0 Å². The minimum Gasteiger partial charge on any atom is -0.336 e. The maximum atomic E-state index is 11.8. The Labute approximate surface area is 115 Å². The average molecular weight is 291 g/mol. The molecule has 4 nitrogen and oxygen atoms in total. The first-order valence-corrected chi connectivity index (χ1v) is 8.57. The molecule has 1 unspecified atom stereocenters. The molecule has 1 N–H and O–H groups in total. The SMILES string of the molecule is CS(=O)C(C)(C)[C@@H](C=O)NC(=O)SC1CCCC1. The van der Waals surface area contributed by atoms with E-state index in [1.807, 2.05) is 0 Å². The molecule has 1 amide bonds. The molecule has 1 fully saturated rings. The molecule has 2 atom stereocenters. The Bertz CT molecular complexity index is 338. The first-order chi connectivity index (χ1) is 8.37. The van der Waals surface area contributed by atoms with E-state index in [1.54, 1.807) is 20.1 Å². The molecular formula is C12H21NO3S2. The Kier molecular flexibility index (Phi) is 5.85. The lowest BCUT2D eigenvalue weighted by molar-refractivity contribution is -0.109. The molecule has 0 aromatic rings. The summed E-state index contributed by atoms with van der Waals surface area (Å²) in [7, 11) is -1.18. The number of carbonyl (C=O) groups is 2. The van der Waals surface area contributed by atoms with E-state index in [2.05, 4.69) is 5.32 Å². The third-order valence-electron chi connectivity index (χ3n) is 3.48. The van der Waals surface area contributed by atoms with Crippen LogP contribution in [0, 0.1) is 0 Å². The lowest BCUT2D eigenvalue weighted by atomic mass is 10.1. The van der Waals surface area contributed by atoms with E-state index in [0.717, 1.165) is 12.8 Å². The fourth-order valence-corrected chi connectivity index (χ4v) is 3.41. The molecule has 1 aliphatic carbocycles. The first kappa shape index (κ1) is 15.7. The molecule has 6 heteroatoms. The van der Waals surface area contributed by atoms with Crippen LogP contribution in [0.15, 0.2) is 0 Å². The Morgan fingerprint density at radius 1 is 1.44 bits per heavy atom. The van der Waals surface area contributed by atoms with E-state index in [4.69, 9.17) is 0 Å². The minimum atomic E-state index is -1.18. The Hall–Kier alpha value is -0.360. The van der Waals surface area contributed by atoms with Crippen molar-refractivity contribution >= 4 is 34.1 Å². The van der Waals surface area contributed by atoms with Gasteiger partial charge in [0.15, 0.2) is 0 Å². The number of hydrogen-bond donors (Lipinski definition) is 1. The highest BCUT2D eigenvalue weighted by Crippen LogP contribution is 2.30. The molecule has 0 aromatic heterocycles. The Balaban J connectivity index is 2.54. The second-order valence-electron chi connectivity index (χ2n) is 5.13. The summed E-state index contributed by atoms with van der Waals surface area (Å²) in [6.07, 6.45) is 6.69. The van der Waals surface area contributed by atoms with Crippen LogP contribution < -0.4 is 5.32 Å². The summed E-state index contributed by atoms with van der Waals surface area (Å²) in [4.78, 5) is 22.9. The molecule has 1 saturated carbocycles. The molecule has 1 aliphatic rings. The zero-order valence-electron chi connectivity index (χ0n) is 11.1. The summed E-state index contributed by atoms with van der Waals surface area (Å²) >= 11 is 1.27. The number of hydrogen-bond acceptors (Lipinski definition) is 4. The molecule has 0 radical (unpaired) electrons. The zero-order chi connectivity index (χ0) is 13.8. The van der Waals surface area contributed by atoms with Crippen LogP contribution in [0.1, 0.15) is 39.5 Å². The number of thioether (sulfide) groups is 1. The van der Waals surface area contributed by atoms with Crippen LogP contribution in [0.2, 0.25) is 0 Å². The fourth-order valence-electron chi connectivity index (χ4n) is 1.87. The first-order valence-electron chi connectivity index (χ1n) is 6.14. The molecule has 0 saturated heterocycles. The lowest BCUT2D eigenvalue weighted by Gasteiger charge is -2.29. The summed E-state index contributed by atoms with van der Waals surface area (Å²) in [6, 6.07) is -0.704. The van der Waals surface area contributed by atoms with Crippen molar-refractivity contribution < 1.29 is 13.8 Å². The van der Waals surface area contributed by atoms with Crippen LogP contribution in [-0.2, 0) is 15.6 Å². The standard InChI is InChI=1S/C12H21NO3S2/c1-12(2,18(3)16)10(8-14)13-11(15)17-9-6-4-5-7-9/h8-10H,4-7H2,1-3H3,(H,13,15)/t10-,18?/m1/s1. The molecule has 18 heavy (non-hydrogen) atoms. The van der Waals surface area contributed by atoms with Crippen molar-refractivity contribution in [1.82, 2.24) is 5.32 Å². The van der Waals surface area contributed by atoms with Gasteiger partial charge in [0, 0.05) is 22.3 Å². The molecule has 0 spiro atoms. The van der Waals surface area contributed by atoms with Gasteiger partial charge in [0.05, 0.1) is 4.75 Å². The number of rotatable bonds is 5. The van der Waals surface area contributed by atoms with Gasteiger partial charge in [-0.2, -0.15) is 0 Å². The van der Waals surface area contributed by atoms with Crippen LogP contribution in [0.4, 0.5) is 4.79 Å². The van der Waals surface area contributed by atoms with E-state index in [0.29, 0.717) is 11.5 Å². The monoisotopic (exact) mass is 291 g/mol.